The van der Waals surface area contributed by atoms with Crippen molar-refractivity contribution < 1.29 is 15.5 Å². The molecule has 0 radical (unpaired) electrons. The molecule has 0 aliphatic carbocycles. The summed E-state index contributed by atoms with van der Waals surface area (Å²) < 4.78 is 0. The first kappa shape index (κ1) is 10.5. The molecule has 1 aliphatic heterocycles. The summed E-state index contributed by atoms with van der Waals surface area (Å²) in [6.45, 7) is 7.44. The van der Waals surface area contributed by atoms with E-state index in [-0.39, 0.29) is 0 Å². The van der Waals surface area contributed by atoms with E-state index in [0.717, 1.165) is 12.5 Å². The summed E-state index contributed by atoms with van der Waals surface area (Å²) in [7, 11) is 0. The van der Waals surface area contributed by atoms with Crippen molar-refractivity contribution in [3.8, 4) is 0 Å². The van der Waals surface area contributed by atoms with Crippen molar-refractivity contribution in [2.24, 2.45) is 0 Å². The van der Waals surface area contributed by atoms with Crippen LogP contribution in [-0.4, -0.2) is 49.2 Å². The molecule has 0 aromatic carbocycles. The van der Waals surface area contributed by atoms with Crippen LogP contribution >= 0.6 is 0 Å². The molecule has 2 heterocycles. The Balaban J connectivity index is 1.66. The lowest BCUT2D eigenvalue weighted by molar-refractivity contribution is -0.953. The second-order valence-electron chi connectivity index (χ2n) is 3.97. The molecule has 15 heavy (non-hydrogen) atoms. The van der Waals surface area contributed by atoms with Gasteiger partial charge in [0, 0.05) is 12.4 Å². The van der Waals surface area contributed by atoms with Gasteiger partial charge in [-0.25, -0.2) is 0 Å². The molecule has 1 fully saturated rings. The molecule has 1 saturated heterocycles. The average molecular weight is 210 g/mol. The van der Waals surface area contributed by atoms with Gasteiger partial charge in [-0.2, -0.15) is 9.97 Å². The van der Waals surface area contributed by atoms with Gasteiger partial charge < -0.3 is 10.2 Å². The first-order chi connectivity index (χ1) is 7.45. The fourth-order valence-corrected chi connectivity index (χ4v) is 1.95. The number of aromatic nitrogens is 2. The molecule has 5 nitrogen and oxygen atoms in total. The maximum Gasteiger partial charge on any atom is 0.325 e. The Morgan fingerprint density at radius 2 is 2.00 bits per heavy atom. The summed E-state index contributed by atoms with van der Waals surface area (Å²) in [5, 5.41) is 4.53. The zero-order valence-electron chi connectivity index (χ0n) is 9.02. The van der Waals surface area contributed by atoms with E-state index >= 15 is 0 Å². The van der Waals surface area contributed by atoms with Crippen LogP contribution < -0.4 is 15.5 Å². The van der Waals surface area contributed by atoms with Gasteiger partial charge in [-0.1, -0.05) is 0 Å². The van der Waals surface area contributed by atoms with Crippen molar-refractivity contribution in [2.45, 2.75) is 0 Å². The number of hydrogen-bond donors (Lipinski definition) is 3. The maximum atomic E-state index is 4.18. The number of hydrogen-bond acceptors (Lipinski definition) is 2. The first-order valence-corrected chi connectivity index (χ1v) is 5.70. The van der Waals surface area contributed by atoms with Crippen molar-refractivity contribution >= 4 is 5.95 Å². The Bertz CT molecular complexity index is 270. The minimum Gasteiger partial charge on any atom is -0.337 e. The van der Waals surface area contributed by atoms with Crippen LogP contribution in [0.5, 0.6) is 0 Å². The summed E-state index contributed by atoms with van der Waals surface area (Å²) in [5.74, 6) is 0.862. The lowest BCUT2D eigenvalue weighted by Crippen LogP contribution is -3.21. The molecular weight excluding hydrogens is 190 g/mol. The number of quaternary nitrogens is 3. The quantitative estimate of drug-likeness (QED) is 0.476. The molecule has 5 N–H and O–H groups in total. The van der Waals surface area contributed by atoms with Crippen molar-refractivity contribution in [3.05, 3.63) is 18.5 Å². The first-order valence-electron chi connectivity index (χ1n) is 5.70. The second kappa shape index (κ2) is 5.75. The number of nitrogens with two attached hydrogens (primary N) is 2. The molecule has 0 amide bonds. The van der Waals surface area contributed by atoms with Gasteiger partial charge in [0.15, 0.2) is 0 Å². The Labute approximate surface area is 89.9 Å². The van der Waals surface area contributed by atoms with Crippen molar-refractivity contribution in [2.75, 3.05) is 39.3 Å². The molecule has 0 saturated carbocycles. The van der Waals surface area contributed by atoms with Crippen LogP contribution in [0.3, 0.4) is 0 Å². The van der Waals surface area contributed by atoms with Crippen molar-refractivity contribution in [1.82, 2.24) is 9.97 Å². The van der Waals surface area contributed by atoms with E-state index in [2.05, 4.69) is 20.6 Å². The Morgan fingerprint density at radius 1 is 1.27 bits per heavy atom. The third kappa shape index (κ3) is 3.54. The molecule has 5 heteroatoms. The van der Waals surface area contributed by atoms with E-state index in [0.29, 0.717) is 0 Å². The Hall–Kier alpha value is -1.04. The Morgan fingerprint density at radius 3 is 2.73 bits per heavy atom. The summed E-state index contributed by atoms with van der Waals surface area (Å²) in [6.07, 6.45) is 3.59. The van der Waals surface area contributed by atoms with Crippen LogP contribution in [-0.2, 0) is 0 Å². The largest absolute Gasteiger partial charge is 0.337 e. The van der Waals surface area contributed by atoms with Crippen molar-refractivity contribution in [1.29, 1.82) is 0 Å². The molecule has 0 spiro atoms. The zero-order valence-corrected chi connectivity index (χ0v) is 9.02. The highest BCUT2D eigenvalue weighted by molar-refractivity contribution is 4.98. The summed E-state index contributed by atoms with van der Waals surface area (Å²) in [4.78, 5) is 10.1. The van der Waals surface area contributed by atoms with E-state index in [1.165, 1.54) is 32.7 Å². The molecular formula is C10H20N5+3. The fraction of sp³-hybridized carbons (Fsp3) is 0.600. The minimum absolute atomic E-state index is 0.862. The SMILES string of the molecule is c1cnc([NH2+]CC[NH+]2CC[NH2+]CC2)nc1. The van der Waals surface area contributed by atoms with Crippen molar-refractivity contribution in [3.63, 3.8) is 0 Å². The van der Waals surface area contributed by atoms with Gasteiger partial charge in [-0.15, -0.1) is 0 Å². The molecule has 1 aliphatic rings. The highest BCUT2D eigenvalue weighted by atomic mass is 15.2. The Kier molecular flexibility index (Phi) is 4.01. The minimum atomic E-state index is 0.862. The number of nitrogens with zero attached hydrogens (tertiary/aromatic N) is 2. The van der Waals surface area contributed by atoms with E-state index in [1.807, 2.05) is 6.07 Å². The number of nitrogens with one attached hydrogen (secondary N) is 1. The summed E-state index contributed by atoms with van der Waals surface area (Å²) in [5.41, 5.74) is 0. The van der Waals surface area contributed by atoms with Gasteiger partial charge in [0.2, 0.25) is 0 Å². The maximum absolute atomic E-state index is 4.18. The lowest BCUT2D eigenvalue weighted by atomic mass is 10.3. The van der Waals surface area contributed by atoms with Gasteiger partial charge in [-0.3, -0.25) is 5.32 Å². The van der Waals surface area contributed by atoms with Crippen LogP contribution in [0.1, 0.15) is 0 Å². The molecule has 0 unspecified atom stereocenters. The summed E-state index contributed by atoms with van der Waals surface area (Å²) >= 11 is 0. The fourth-order valence-electron chi connectivity index (χ4n) is 1.95. The third-order valence-corrected chi connectivity index (χ3v) is 2.81. The van der Waals surface area contributed by atoms with Gasteiger partial charge in [-0.05, 0) is 6.07 Å². The predicted molar refractivity (Wildman–Crippen MR) is 55.7 cm³/mol. The third-order valence-electron chi connectivity index (χ3n) is 2.81. The van der Waals surface area contributed by atoms with E-state index in [9.17, 15) is 0 Å². The van der Waals surface area contributed by atoms with Crippen LogP contribution in [0.25, 0.3) is 0 Å². The zero-order chi connectivity index (χ0) is 10.3. The predicted octanol–water partition coefficient (Wildman–Crippen LogP) is -3.87. The van der Waals surface area contributed by atoms with Gasteiger partial charge in [0.1, 0.15) is 39.3 Å². The molecule has 2 rings (SSSR count). The topological polar surface area (TPSA) is 63.4 Å². The average Bonchev–Trinajstić information content (AvgIpc) is 2.32. The summed E-state index contributed by atoms with van der Waals surface area (Å²) in [6, 6.07) is 1.85. The van der Waals surface area contributed by atoms with Gasteiger partial charge in [0.05, 0.1) is 0 Å². The standard InChI is InChI=1S/C10H17N5/c1-2-12-10(13-3-1)14-6-9-15-7-4-11-5-8-15/h1-3,11H,4-9H2,(H,12,13,14)/p+3. The normalized spacial score (nSPS) is 17.9. The monoisotopic (exact) mass is 210 g/mol. The highest BCUT2D eigenvalue weighted by Crippen LogP contribution is 1.81. The van der Waals surface area contributed by atoms with Gasteiger partial charge >= 0.3 is 5.95 Å². The highest BCUT2D eigenvalue weighted by Gasteiger charge is 2.15. The van der Waals surface area contributed by atoms with E-state index < -0.39 is 0 Å². The van der Waals surface area contributed by atoms with Crippen LogP contribution in [0, 0.1) is 0 Å². The molecule has 0 bridgehead atoms. The smallest absolute Gasteiger partial charge is 0.325 e. The van der Waals surface area contributed by atoms with Crippen LogP contribution in [0.2, 0.25) is 0 Å². The molecule has 0 atom stereocenters. The second-order valence-corrected chi connectivity index (χ2v) is 3.97. The number of rotatable bonds is 4. The molecule has 1 aromatic rings. The molecule has 1 aromatic heterocycles. The van der Waals surface area contributed by atoms with E-state index in [1.54, 1.807) is 17.3 Å². The van der Waals surface area contributed by atoms with Crippen LogP contribution in [0.15, 0.2) is 18.5 Å². The van der Waals surface area contributed by atoms with Gasteiger partial charge in [0.25, 0.3) is 0 Å². The van der Waals surface area contributed by atoms with Crippen LogP contribution in [0.4, 0.5) is 5.95 Å². The van der Waals surface area contributed by atoms with E-state index in [4.69, 9.17) is 0 Å². The molecule has 82 valence electrons. The number of piperazine rings is 1. The lowest BCUT2D eigenvalue weighted by Gasteiger charge is -2.20.